The molecule has 1 aliphatic rings. The topological polar surface area (TPSA) is 87.4 Å². The average Bonchev–Trinajstić information content (AvgIpc) is 3.24. The van der Waals surface area contributed by atoms with Crippen molar-refractivity contribution in [3.05, 3.63) is 72.1 Å². The number of para-hydroxylation sites is 1. The highest BCUT2D eigenvalue weighted by Gasteiger charge is 2.78. The van der Waals surface area contributed by atoms with E-state index in [-0.39, 0.29) is 0 Å². The van der Waals surface area contributed by atoms with Gasteiger partial charge in [-0.05, 0) is 47.6 Å². The normalized spacial score (nSPS) is 22.8. The van der Waals surface area contributed by atoms with E-state index >= 15 is 0 Å². The lowest BCUT2D eigenvalue weighted by atomic mass is 9.78. The smallest absolute Gasteiger partial charge is 0.312 e. The summed E-state index contributed by atoms with van der Waals surface area (Å²) in [6.45, 7) is 3.35. The van der Waals surface area contributed by atoms with Crippen LogP contribution in [0.4, 0.5) is 4.39 Å². The Morgan fingerprint density at radius 1 is 1.19 bits per heavy atom. The molecule has 0 radical (unpaired) electrons. The van der Waals surface area contributed by atoms with E-state index in [1.807, 2.05) is 18.2 Å². The van der Waals surface area contributed by atoms with Gasteiger partial charge in [0.1, 0.15) is 16.9 Å². The summed E-state index contributed by atoms with van der Waals surface area (Å²) in [6.07, 6.45) is 2.51. The number of carbonyl (C=O) groups excluding carboxylic acids is 1. The second-order valence-electron chi connectivity index (χ2n) is 7.93. The van der Waals surface area contributed by atoms with Crippen LogP contribution in [0.15, 0.2) is 66.5 Å². The first-order valence-electron chi connectivity index (χ1n) is 9.61. The number of carbonyl (C=O) groups is 2. The van der Waals surface area contributed by atoms with Crippen LogP contribution >= 0.6 is 11.8 Å². The molecule has 1 aliphatic carbocycles. The van der Waals surface area contributed by atoms with Crippen LogP contribution in [-0.4, -0.2) is 22.4 Å². The molecule has 2 aromatic carbocycles. The lowest BCUT2D eigenvalue weighted by Crippen LogP contribution is -2.28. The van der Waals surface area contributed by atoms with E-state index in [0.29, 0.717) is 28.8 Å². The summed E-state index contributed by atoms with van der Waals surface area (Å²) in [5.41, 5.74) is -2.06. The summed E-state index contributed by atoms with van der Waals surface area (Å²) >= 11 is 0.714. The molecule has 0 saturated heterocycles. The van der Waals surface area contributed by atoms with Crippen LogP contribution in [0.3, 0.4) is 0 Å². The number of carboxylic acid groups (broad SMARTS) is 1. The minimum absolute atomic E-state index is 0.457. The largest absolute Gasteiger partial charge is 0.481 e. The number of hydrogen-bond donors (Lipinski definition) is 1. The molecule has 0 spiro atoms. The van der Waals surface area contributed by atoms with E-state index < -0.39 is 39.6 Å². The fourth-order valence-corrected chi connectivity index (χ4v) is 4.66. The molecule has 5 nitrogen and oxygen atoms in total. The number of carboxylic acids is 1. The van der Waals surface area contributed by atoms with Gasteiger partial charge in [-0.2, -0.15) is 5.26 Å². The van der Waals surface area contributed by atoms with Crippen molar-refractivity contribution in [1.82, 2.24) is 0 Å². The number of aliphatic carboxylic acids is 1. The Morgan fingerprint density at radius 2 is 1.84 bits per heavy atom. The van der Waals surface area contributed by atoms with E-state index in [1.165, 1.54) is 6.26 Å². The number of nitrogens with zero attached hydrogens (tertiary/aromatic N) is 1. The van der Waals surface area contributed by atoms with E-state index in [4.69, 9.17) is 4.74 Å². The van der Waals surface area contributed by atoms with Crippen molar-refractivity contribution in [2.45, 2.75) is 19.8 Å². The van der Waals surface area contributed by atoms with Gasteiger partial charge in [0.2, 0.25) is 5.12 Å². The molecule has 1 N–H and O–H groups in total. The molecular weight excluding hydrogens is 417 g/mol. The van der Waals surface area contributed by atoms with E-state index in [9.17, 15) is 24.3 Å². The molecule has 0 amide bonds. The zero-order chi connectivity index (χ0) is 22.8. The van der Waals surface area contributed by atoms with Crippen molar-refractivity contribution in [1.29, 1.82) is 5.26 Å². The molecule has 160 valence electrons. The highest BCUT2D eigenvalue weighted by Crippen LogP contribution is 2.75. The molecular formula is C24H22FNO4S. The van der Waals surface area contributed by atoms with Gasteiger partial charge in [0.05, 0.1) is 12.0 Å². The Labute approximate surface area is 184 Å². The first-order chi connectivity index (χ1) is 14.7. The quantitative estimate of drug-likeness (QED) is 0.569. The molecule has 0 aromatic heterocycles. The fourth-order valence-electron chi connectivity index (χ4n) is 4.39. The van der Waals surface area contributed by atoms with Gasteiger partial charge in [0, 0.05) is 5.92 Å². The van der Waals surface area contributed by atoms with Crippen LogP contribution in [0, 0.1) is 28.1 Å². The maximum atomic E-state index is 14.3. The summed E-state index contributed by atoms with van der Waals surface area (Å²) in [6, 6.07) is 17.9. The Balaban J connectivity index is 2.02. The van der Waals surface area contributed by atoms with Crippen LogP contribution in [0.1, 0.15) is 25.3 Å². The molecule has 3 atom stereocenters. The zero-order valence-electron chi connectivity index (χ0n) is 17.3. The molecule has 2 aromatic rings. The molecule has 1 saturated carbocycles. The second kappa shape index (κ2) is 8.56. The minimum Gasteiger partial charge on any atom is -0.481 e. The Bertz CT molecular complexity index is 1080. The van der Waals surface area contributed by atoms with Crippen LogP contribution in [0.5, 0.6) is 11.5 Å². The molecule has 3 rings (SSSR count). The number of halogens is 1. The number of nitriles is 1. The first kappa shape index (κ1) is 22.6. The van der Waals surface area contributed by atoms with Gasteiger partial charge in [-0.25, -0.2) is 4.39 Å². The predicted molar refractivity (Wildman–Crippen MR) is 116 cm³/mol. The van der Waals surface area contributed by atoms with Gasteiger partial charge in [-0.15, -0.1) is 0 Å². The third-order valence-electron chi connectivity index (χ3n) is 6.05. The van der Waals surface area contributed by atoms with Crippen LogP contribution in [0.25, 0.3) is 0 Å². The summed E-state index contributed by atoms with van der Waals surface area (Å²) in [5, 5.41) is 19.4. The highest BCUT2D eigenvalue weighted by molar-refractivity contribution is 8.13. The lowest BCUT2D eigenvalue weighted by Gasteiger charge is -2.22. The Morgan fingerprint density at radius 3 is 2.42 bits per heavy atom. The second-order valence-corrected chi connectivity index (χ2v) is 8.71. The van der Waals surface area contributed by atoms with Crippen molar-refractivity contribution in [2.24, 2.45) is 16.7 Å². The molecule has 31 heavy (non-hydrogen) atoms. The Kier molecular flexibility index (Phi) is 6.23. The van der Waals surface area contributed by atoms with Crippen molar-refractivity contribution in [3.8, 4) is 17.6 Å². The van der Waals surface area contributed by atoms with Gasteiger partial charge < -0.3 is 9.84 Å². The monoisotopic (exact) mass is 439 g/mol. The number of thioether (sulfide) groups is 1. The molecule has 0 bridgehead atoms. The molecule has 0 heterocycles. The van der Waals surface area contributed by atoms with Crippen LogP contribution in [-0.2, 0) is 9.59 Å². The van der Waals surface area contributed by atoms with Gasteiger partial charge in [-0.1, -0.05) is 55.9 Å². The zero-order valence-corrected chi connectivity index (χ0v) is 18.2. The molecule has 1 fully saturated rings. The average molecular weight is 440 g/mol. The number of allylic oxidation sites excluding steroid dienone is 1. The predicted octanol–water partition coefficient (Wildman–Crippen LogP) is 5.56. The number of benzene rings is 2. The van der Waals surface area contributed by atoms with Crippen molar-refractivity contribution >= 4 is 22.8 Å². The molecule has 0 unspecified atom stereocenters. The van der Waals surface area contributed by atoms with Gasteiger partial charge >= 0.3 is 5.97 Å². The summed E-state index contributed by atoms with van der Waals surface area (Å²) < 4.78 is 20.1. The van der Waals surface area contributed by atoms with Crippen LogP contribution in [0.2, 0.25) is 0 Å². The van der Waals surface area contributed by atoms with Crippen LogP contribution < -0.4 is 4.74 Å². The van der Waals surface area contributed by atoms with Gasteiger partial charge in [-0.3, -0.25) is 9.59 Å². The summed E-state index contributed by atoms with van der Waals surface area (Å²) in [7, 11) is 0. The van der Waals surface area contributed by atoms with E-state index in [1.54, 1.807) is 50.2 Å². The Hall–Kier alpha value is -3.11. The maximum Gasteiger partial charge on any atom is 0.312 e. The van der Waals surface area contributed by atoms with Gasteiger partial charge in [0.25, 0.3) is 0 Å². The highest BCUT2D eigenvalue weighted by atomic mass is 32.2. The summed E-state index contributed by atoms with van der Waals surface area (Å²) in [4.78, 5) is 24.1. The SMILES string of the molecule is CSC(=O)C(F)=C[C@H]1C(C)(C)[C@]1(C(=O)O)[C@@H](C#N)c1cccc(Oc2ccccc2)c1. The van der Waals surface area contributed by atoms with Gasteiger partial charge in [0.15, 0.2) is 5.83 Å². The molecule has 0 aliphatic heterocycles. The number of rotatable bonds is 7. The fraction of sp³-hybridized carbons (Fsp3) is 0.292. The maximum absolute atomic E-state index is 14.3. The third-order valence-corrected chi connectivity index (χ3v) is 6.62. The molecule has 7 heteroatoms. The first-order valence-corrected chi connectivity index (χ1v) is 10.8. The lowest BCUT2D eigenvalue weighted by molar-refractivity contribution is -0.145. The minimum atomic E-state index is -1.58. The van der Waals surface area contributed by atoms with Crippen molar-refractivity contribution in [3.63, 3.8) is 0 Å². The number of hydrogen-bond acceptors (Lipinski definition) is 5. The summed E-state index contributed by atoms with van der Waals surface area (Å²) in [5.74, 6) is -3.03. The van der Waals surface area contributed by atoms with Crippen molar-refractivity contribution < 1.29 is 23.8 Å². The van der Waals surface area contributed by atoms with E-state index in [2.05, 4.69) is 6.07 Å². The third kappa shape index (κ3) is 3.84. The number of ether oxygens (including phenoxy) is 1. The standard InChI is InChI=1S/C24H22FNO4S/c1-23(2)20(13-19(25)21(27)31-3)24(23,22(28)29)18(14-26)15-8-7-11-17(12-15)30-16-9-5-4-6-10-16/h4-13,18,20H,1-3H3,(H,28,29)/t18-,20-,24+/m0/s1. The van der Waals surface area contributed by atoms with Crippen molar-refractivity contribution in [2.75, 3.05) is 6.26 Å². The van der Waals surface area contributed by atoms with E-state index in [0.717, 1.165) is 6.08 Å².